The van der Waals surface area contributed by atoms with Crippen LogP contribution in [0, 0.1) is 16.7 Å². The Morgan fingerprint density at radius 1 is 1.50 bits per heavy atom. The molecule has 5 nitrogen and oxygen atoms in total. The molecule has 1 aliphatic carbocycles. The van der Waals surface area contributed by atoms with Crippen LogP contribution in [0.5, 0.6) is 5.88 Å². The monoisotopic (exact) mass is 245 g/mol. The third-order valence-electron chi connectivity index (χ3n) is 3.31. The van der Waals surface area contributed by atoms with E-state index in [9.17, 15) is 10.1 Å². The van der Waals surface area contributed by atoms with Gasteiger partial charge in [0.05, 0.1) is 25.1 Å². The van der Waals surface area contributed by atoms with Gasteiger partial charge < -0.3 is 10.1 Å². The number of amides is 1. The fraction of sp³-hybridized carbons (Fsp3) is 0.462. The minimum absolute atomic E-state index is 0.227. The highest BCUT2D eigenvalue weighted by Crippen LogP contribution is 2.38. The van der Waals surface area contributed by atoms with E-state index < -0.39 is 5.41 Å². The van der Waals surface area contributed by atoms with Gasteiger partial charge in [0.2, 0.25) is 11.8 Å². The molecule has 1 aromatic rings. The Bertz CT molecular complexity index is 470. The van der Waals surface area contributed by atoms with Crippen molar-refractivity contribution in [1.82, 2.24) is 4.98 Å². The quantitative estimate of drug-likeness (QED) is 0.885. The summed E-state index contributed by atoms with van der Waals surface area (Å²) >= 11 is 0. The van der Waals surface area contributed by atoms with Crippen molar-refractivity contribution in [2.75, 3.05) is 12.4 Å². The Morgan fingerprint density at radius 2 is 2.22 bits per heavy atom. The second-order valence-electron chi connectivity index (χ2n) is 4.44. The highest BCUT2D eigenvalue weighted by atomic mass is 16.5. The summed E-state index contributed by atoms with van der Waals surface area (Å²) < 4.78 is 4.94. The minimum Gasteiger partial charge on any atom is -0.481 e. The molecule has 0 aliphatic heterocycles. The summed E-state index contributed by atoms with van der Waals surface area (Å²) in [6.07, 6.45) is 4.66. The van der Waals surface area contributed by atoms with Crippen molar-refractivity contribution in [3.63, 3.8) is 0 Å². The van der Waals surface area contributed by atoms with Gasteiger partial charge in [-0.3, -0.25) is 4.79 Å². The van der Waals surface area contributed by atoms with E-state index in [2.05, 4.69) is 16.4 Å². The van der Waals surface area contributed by atoms with Gasteiger partial charge in [-0.25, -0.2) is 4.98 Å². The van der Waals surface area contributed by atoms with E-state index >= 15 is 0 Å². The van der Waals surface area contributed by atoms with E-state index in [-0.39, 0.29) is 5.91 Å². The minimum atomic E-state index is -0.861. The second kappa shape index (κ2) is 5.05. The van der Waals surface area contributed by atoms with Crippen LogP contribution < -0.4 is 10.1 Å². The Morgan fingerprint density at radius 3 is 2.72 bits per heavy atom. The zero-order chi connectivity index (χ0) is 13.0. The van der Waals surface area contributed by atoms with Crippen molar-refractivity contribution >= 4 is 11.6 Å². The number of ether oxygens (including phenoxy) is 1. The lowest BCUT2D eigenvalue weighted by atomic mass is 9.87. The van der Waals surface area contributed by atoms with Gasteiger partial charge in [-0.1, -0.05) is 12.8 Å². The van der Waals surface area contributed by atoms with Crippen LogP contribution >= 0.6 is 0 Å². The summed E-state index contributed by atoms with van der Waals surface area (Å²) in [4.78, 5) is 16.1. The van der Waals surface area contributed by atoms with Gasteiger partial charge in [-0.2, -0.15) is 5.26 Å². The molecule has 1 amide bonds. The van der Waals surface area contributed by atoms with E-state index in [1.807, 2.05) is 0 Å². The maximum atomic E-state index is 12.1. The predicted octanol–water partition coefficient (Wildman–Crippen LogP) is 2.11. The number of carbonyl (C=O) groups excluding carboxylic acids is 1. The van der Waals surface area contributed by atoms with Gasteiger partial charge >= 0.3 is 0 Å². The number of anilines is 1. The first-order chi connectivity index (χ1) is 8.70. The zero-order valence-electron chi connectivity index (χ0n) is 10.3. The molecule has 0 bridgehead atoms. The molecular weight excluding hydrogens is 230 g/mol. The van der Waals surface area contributed by atoms with Gasteiger partial charge in [0.15, 0.2) is 0 Å². The van der Waals surface area contributed by atoms with Gasteiger partial charge in [0.1, 0.15) is 5.41 Å². The molecular formula is C13H15N3O2. The van der Waals surface area contributed by atoms with E-state index in [4.69, 9.17) is 4.74 Å². The van der Waals surface area contributed by atoms with E-state index in [0.717, 1.165) is 12.8 Å². The average molecular weight is 245 g/mol. The van der Waals surface area contributed by atoms with Gasteiger partial charge in [-0.05, 0) is 18.9 Å². The number of hydrogen-bond donors (Lipinski definition) is 1. The first-order valence-corrected chi connectivity index (χ1v) is 5.93. The first-order valence-electron chi connectivity index (χ1n) is 5.93. The lowest BCUT2D eigenvalue weighted by Crippen LogP contribution is -2.32. The van der Waals surface area contributed by atoms with Crippen molar-refractivity contribution in [3.05, 3.63) is 18.3 Å². The molecule has 1 saturated carbocycles. The number of nitriles is 1. The molecule has 5 heteroatoms. The Hall–Kier alpha value is -2.09. The lowest BCUT2D eigenvalue weighted by Gasteiger charge is -2.19. The second-order valence-corrected chi connectivity index (χ2v) is 4.44. The molecule has 0 unspecified atom stereocenters. The van der Waals surface area contributed by atoms with Crippen LogP contribution in [-0.2, 0) is 4.79 Å². The van der Waals surface area contributed by atoms with Crippen molar-refractivity contribution in [1.29, 1.82) is 5.26 Å². The molecule has 0 radical (unpaired) electrons. The topological polar surface area (TPSA) is 75.0 Å². The lowest BCUT2D eigenvalue weighted by molar-refractivity contribution is -0.122. The van der Waals surface area contributed by atoms with Gasteiger partial charge in [-0.15, -0.1) is 0 Å². The van der Waals surface area contributed by atoms with Crippen LogP contribution in [0.15, 0.2) is 18.3 Å². The number of carbonyl (C=O) groups is 1. The third-order valence-corrected chi connectivity index (χ3v) is 3.31. The molecule has 1 fully saturated rings. The Labute approximate surface area is 106 Å². The van der Waals surface area contributed by atoms with Crippen LogP contribution in [0.2, 0.25) is 0 Å². The number of aromatic nitrogens is 1. The standard InChI is InChI=1S/C13H15N3O2/c1-18-11-5-4-10(8-15-11)16-12(17)13(9-14)6-2-3-7-13/h4-5,8H,2-3,6-7H2,1H3,(H,16,17). The number of pyridine rings is 1. The number of nitrogens with zero attached hydrogens (tertiary/aromatic N) is 2. The summed E-state index contributed by atoms with van der Waals surface area (Å²) in [6, 6.07) is 5.54. The Kier molecular flexibility index (Phi) is 3.47. The largest absolute Gasteiger partial charge is 0.481 e. The first kappa shape index (κ1) is 12.4. The van der Waals surface area contributed by atoms with Crippen LogP contribution in [0.1, 0.15) is 25.7 Å². The van der Waals surface area contributed by atoms with Crippen LogP contribution in [-0.4, -0.2) is 18.0 Å². The molecule has 1 heterocycles. The number of nitrogens with one attached hydrogen (secondary N) is 1. The molecule has 2 rings (SSSR count). The average Bonchev–Trinajstić information content (AvgIpc) is 2.89. The highest BCUT2D eigenvalue weighted by Gasteiger charge is 2.41. The van der Waals surface area contributed by atoms with Crippen molar-refractivity contribution < 1.29 is 9.53 Å². The molecule has 1 N–H and O–H groups in total. The smallest absolute Gasteiger partial charge is 0.244 e. The van der Waals surface area contributed by atoms with Gasteiger partial charge in [0, 0.05) is 6.07 Å². The number of methoxy groups -OCH3 is 1. The summed E-state index contributed by atoms with van der Waals surface area (Å²) in [5.41, 5.74) is -0.276. The van der Waals surface area contributed by atoms with Crippen LogP contribution in [0.4, 0.5) is 5.69 Å². The van der Waals surface area contributed by atoms with Crippen molar-refractivity contribution in [2.24, 2.45) is 5.41 Å². The predicted molar refractivity (Wildman–Crippen MR) is 65.9 cm³/mol. The molecule has 1 aromatic heterocycles. The fourth-order valence-corrected chi connectivity index (χ4v) is 2.19. The third kappa shape index (κ3) is 2.28. The normalized spacial score (nSPS) is 16.9. The summed E-state index contributed by atoms with van der Waals surface area (Å²) in [7, 11) is 1.53. The fourth-order valence-electron chi connectivity index (χ4n) is 2.19. The van der Waals surface area contributed by atoms with Crippen molar-refractivity contribution in [2.45, 2.75) is 25.7 Å². The molecule has 0 aromatic carbocycles. The number of hydrogen-bond acceptors (Lipinski definition) is 4. The summed E-state index contributed by atoms with van der Waals surface area (Å²) in [5, 5.41) is 11.9. The highest BCUT2D eigenvalue weighted by molar-refractivity contribution is 5.97. The Balaban J connectivity index is 2.08. The summed E-state index contributed by atoms with van der Waals surface area (Å²) in [5.74, 6) is 0.262. The molecule has 94 valence electrons. The van der Waals surface area contributed by atoms with E-state index in [1.165, 1.54) is 13.3 Å². The van der Waals surface area contributed by atoms with Gasteiger partial charge in [0.25, 0.3) is 0 Å². The van der Waals surface area contributed by atoms with Crippen molar-refractivity contribution in [3.8, 4) is 11.9 Å². The summed E-state index contributed by atoms with van der Waals surface area (Å²) in [6.45, 7) is 0. The number of rotatable bonds is 3. The maximum absolute atomic E-state index is 12.1. The van der Waals surface area contributed by atoms with E-state index in [0.29, 0.717) is 24.4 Å². The maximum Gasteiger partial charge on any atom is 0.244 e. The SMILES string of the molecule is COc1ccc(NC(=O)C2(C#N)CCCC2)cn1. The molecule has 1 aliphatic rings. The molecule has 0 saturated heterocycles. The van der Waals surface area contributed by atoms with Crippen LogP contribution in [0.25, 0.3) is 0 Å². The molecule has 0 atom stereocenters. The zero-order valence-corrected chi connectivity index (χ0v) is 10.3. The van der Waals surface area contributed by atoms with Crippen LogP contribution in [0.3, 0.4) is 0 Å². The van der Waals surface area contributed by atoms with E-state index in [1.54, 1.807) is 12.1 Å². The molecule has 0 spiro atoms. The molecule has 18 heavy (non-hydrogen) atoms.